The van der Waals surface area contributed by atoms with E-state index in [9.17, 15) is 45.5 Å². The lowest BCUT2D eigenvalue weighted by molar-refractivity contribution is -0.208. The minimum absolute atomic E-state index is 0.141. The summed E-state index contributed by atoms with van der Waals surface area (Å²) in [5.74, 6) is -4.44. The van der Waals surface area contributed by atoms with Crippen LogP contribution in [0.15, 0.2) is 119 Å². The largest absolute Gasteiger partial charge is 0.442 e. The number of ether oxygens (including phenoxy) is 3. The fraction of sp³-hybridized carbons (Fsp3) is 0.304. The van der Waals surface area contributed by atoms with Crippen molar-refractivity contribution >= 4 is 47.4 Å². The van der Waals surface area contributed by atoms with Crippen molar-refractivity contribution in [1.29, 1.82) is 0 Å². The number of carbonyl (C=O) groups is 4. The SMILES string of the molecule is Cc1ccc(Cn2cc(C(OC(=O)c3ccc(SC(C)(C)C(=O)OC(=O)C(C)(C)Sc4ccc(C(=O)OC(c5cn(Cc6ccc(C)cc6)nn5)C(F)(F)F)cc4)cc3)C(F)(F)F)nn2)cc1. The van der Waals surface area contributed by atoms with E-state index in [0.717, 1.165) is 58.2 Å². The summed E-state index contributed by atoms with van der Waals surface area (Å²) in [6, 6.07) is 25.0. The Morgan fingerprint density at radius 2 is 0.866 bits per heavy atom. The number of carbonyl (C=O) groups excluding carboxylic acids is 4. The molecule has 2 atom stereocenters. The molecule has 0 aliphatic carbocycles. The maximum absolute atomic E-state index is 14.1. The molecule has 21 heteroatoms. The second-order valence-corrected chi connectivity index (χ2v) is 19.6. The van der Waals surface area contributed by atoms with Gasteiger partial charge in [0, 0.05) is 9.79 Å². The number of benzene rings is 4. The van der Waals surface area contributed by atoms with Crippen LogP contribution >= 0.6 is 23.5 Å². The summed E-state index contributed by atoms with van der Waals surface area (Å²) in [7, 11) is 0. The molecule has 6 aromatic rings. The second kappa shape index (κ2) is 20.2. The lowest BCUT2D eigenvalue weighted by Crippen LogP contribution is -2.38. The van der Waals surface area contributed by atoms with Crippen LogP contribution in [0, 0.1) is 13.8 Å². The molecule has 0 saturated heterocycles. The molecule has 2 heterocycles. The topological polar surface area (TPSA) is 157 Å². The van der Waals surface area contributed by atoms with Gasteiger partial charge in [-0.2, -0.15) is 26.3 Å². The summed E-state index contributed by atoms with van der Waals surface area (Å²) in [5, 5.41) is 14.7. The number of rotatable bonds is 16. The summed E-state index contributed by atoms with van der Waals surface area (Å²) in [6.45, 7) is 9.98. The first-order valence-corrected chi connectivity index (χ1v) is 21.8. The summed E-state index contributed by atoms with van der Waals surface area (Å²) in [5.41, 5.74) is 1.91. The Bertz CT molecular complexity index is 2520. The molecular formula is C46H42F6N6O7S2. The lowest BCUT2D eigenvalue weighted by Gasteiger charge is -2.26. The molecule has 352 valence electrons. The van der Waals surface area contributed by atoms with Gasteiger partial charge in [-0.25, -0.2) is 19.0 Å². The van der Waals surface area contributed by atoms with Crippen molar-refractivity contribution in [3.05, 3.63) is 154 Å². The number of alkyl halides is 6. The number of nitrogens with zero attached hydrogens (tertiary/aromatic N) is 6. The first-order valence-electron chi connectivity index (χ1n) is 20.2. The van der Waals surface area contributed by atoms with Gasteiger partial charge in [0.05, 0.1) is 36.6 Å². The van der Waals surface area contributed by atoms with E-state index in [1.54, 1.807) is 24.3 Å². The Morgan fingerprint density at radius 3 is 1.18 bits per heavy atom. The molecule has 0 aliphatic rings. The number of halogens is 6. The van der Waals surface area contributed by atoms with Gasteiger partial charge in [-0.15, -0.1) is 33.7 Å². The Kier molecular flexibility index (Phi) is 15.0. The molecule has 4 aromatic carbocycles. The van der Waals surface area contributed by atoms with Crippen molar-refractivity contribution in [2.75, 3.05) is 0 Å². The van der Waals surface area contributed by atoms with Gasteiger partial charge < -0.3 is 14.2 Å². The fourth-order valence-corrected chi connectivity index (χ4v) is 8.02. The molecule has 0 saturated carbocycles. The minimum atomic E-state index is -5.01. The van der Waals surface area contributed by atoms with E-state index in [-0.39, 0.29) is 24.2 Å². The molecule has 2 unspecified atom stereocenters. The van der Waals surface area contributed by atoms with E-state index < -0.39 is 69.3 Å². The van der Waals surface area contributed by atoms with Crippen molar-refractivity contribution < 1.29 is 59.7 Å². The zero-order valence-electron chi connectivity index (χ0n) is 36.6. The van der Waals surface area contributed by atoms with Gasteiger partial charge >= 0.3 is 36.2 Å². The average molecular weight is 969 g/mol. The highest BCUT2D eigenvalue weighted by Gasteiger charge is 2.47. The summed E-state index contributed by atoms with van der Waals surface area (Å²) in [4.78, 5) is 53.2. The smallest absolute Gasteiger partial charge is 0.431 e. The quantitative estimate of drug-likeness (QED) is 0.0297. The van der Waals surface area contributed by atoms with Crippen LogP contribution in [-0.2, 0) is 36.9 Å². The summed E-state index contributed by atoms with van der Waals surface area (Å²) < 4.78 is 99.1. The number of aryl methyl sites for hydroxylation is 2. The van der Waals surface area contributed by atoms with Crippen LogP contribution in [-0.4, -0.2) is 75.7 Å². The highest BCUT2D eigenvalue weighted by molar-refractivity contribution is 8.01. The van der Waals surface area contributed by atoms with E-state index in [0.29, 0.717) is 9.79 Å². The maximum Gasteiger partial charge on any atom is 0.431 e. The Morgan fingerprint density at radius 1 is 0.537 bits per heavy atom. The predicted octanol–water partition coefficient (Wildman–Crippen LogP) is 10.0. The van der Waals surface area contributed by atoms with Gasteiger partial charge in [0.2, 0.25) is 12.2 Å². The number of hydrogen-bond acceptors (Lipinski definition) is 13. The molecule has 6 rings (SSSR count). The highest BCUT2D eigenvalue weighted by atomic mass is 32.2. The molecule has 0 fully saturated rings. The maximum atomic E-state index is 14.1. The van der Waals surface area contributed by atoms with E-state index >= 15 is 0 Å². The van der Waals surface area contributed by atoms with Gasteiger partial charge in [-0.1, -0.05) is 70.1 Å². The molecule has 67 heavy (non-hydrogen) atoms. The van der Waals surface area contributed by atoms with E-state index in [1.807, 2.05) is 38.1 Å². The monoisotopic (exact) mass is 968 g/mol. The molecule has 0 bridgehead atoms. The van der Waals surface area contributed by atoms with Gasteiger partial charge in [0.15, 0.2) is 0 Å². The number of aromatic nitrogens is 6. The normalized spacial score (nSPS) is 13.1. The minimum Gasteiger partial charge on any atom is -0.442 e. The van der Waals surface area contributed by atoms with Gasteiger partial charge in [-0.3, -0.25) is 9.59 Å². The van der Waals surface area contributed by atoms with E-state index in [1.165, 1.54) is 85.6 Å². The van der Waals surface area contributed by atoms with Crippen LogP contribution in [0.25, 0.3) is 0 Å². The van der Waals surface area contributed by atoms with Crippen molar-refractivity contribution in [1.82, 2.24) is 30.0 Å². The van der Waals surface area contributed by atoms with Crippen molar-refractivity contribution in [2.24, 2.45) is 0 Å². The fourth-order valence-electron chi connectivity index (χ4n) is 6.04. The van der Waals surface area contributed by atoms with Crippen molar-refractivity contribution in [2.45, 2.75) is 98.5 Å². The summed E-state index contributed by atoms with van der Waals surface area (Å²) >= 11 is 1.90. The van der Waals surface area contributed by atoms with Gasteiger partial charge in [0.1, 0.15) is 20.9 Å². The first kappa shape index (κ1) is 49.9. The van der Waals surface area contributed by atoms with Crippen LogP contribution in [0.2, 0.25) is 0 Å². The third kappa shape index (κ3) is 13.3. The Hall–Kier alpha value is -6.48. The van der Waals surface area contributed by atoms with Crippen LogP contribution in [0.5, 0.6) is 0 Å². The van der Waals surface area contributed by atoms with E-state index in [4.69, 9.17) is 14.2 Å². The van der Waals surface area contributed by atoms with Crippen molar-refractivity contribution in [3.63, 3.8) is 0 Å². The Labute approximate surface area is 388 Å². The zero-order valence-corrected chi connectivity index (χ0v) is 38.2. The van der Waals surface area contributed by atoms with Crippen LogP contribution in [0.3, 0.4) is 0 Å². The average Bonchev–Trinajstić information content (AvgIpc) is 3.92. The predicted molar refractivity (Wildman–Crippen MR) is 233 cm³/mol. The summed E-state index contributed by atoms with van der Waals surface area (Å²) in [6.07, 6.45) is -13.3. The number of esters is 4. The zero-order chi connectivity index (χ0) is 48.9. The molecule has 0 N–H and O–H groups in total. The third-order valence-electron chi connectivity index (χ3n) is 9.72. The molecule has 0 radical (unpaired) electrons. The third-order valence-corrected chi connectivity index (χ3v) is 12.1. The molecule has 0 aliphatic heterocycles. The molecule has 13 nitrogen and oxygen atoms in total. The lowest BCUT2D eigenvalue weighted by atomic mass is 10.1. The Balaban J connectivity index is 1.01. The highest BCUT2D eigenvalue weighted by Crippen LogP contribution is 2.39. The van der Waals surface area contributed by atoms with Gasteiger partial charge in [0.25, 0.3) is 0 Å². The number of hydrogen-bond donors (Lipinski definition) is 0. The molecule has 0 amide bonds. The first-order chi connectivity index (χ1) is 31.4. The second-order valence-electron chi connectivity index (χ2n) is 16.3. The number of thioether (sulfide) groups is 2. The van der Waals surface area contributed by atoms with E-state index in [2.05, 4.69) is 20.6 Å². The molecular weight excluding hydrogens is 927 g/mol. The van der Waals surface area contributed by atoms with Gasteiger partial charge in [-0.05, 0) is 101 Å². The van der Waals surface area contributed by atoms with Crippen LogP contribution in [0.1, 0.15) is 94.3 Å². The molecule has 0 spiro atoms. The standard InChI is InChI=1S/C46H42F6N6O7S2/c1-27-7-11-29(12-8-27)23-57-25-35(53-55-57)37(45(47,48)49)63-39(59)31-15-19-33(20-16-31)66-43(3,4)41(61)65-42(62)44(5,6)67-34-21-17-32(18-22-34)40(60)64-38(46(50,51)52)36-26-58(56-54-36)24-30-13-9-28(2)10-14-30/h7-22,25-26,37-38H,23-24H2,1-6H3. The van der Waals surface area contributed by atoms with Crippen LogP contribution in [0.4, 0.5) is 26.3 Å². The van der Waals surface area contributed by atoms with Crippen molar-refractivity contribution in [3.8, 4) is 0 Å². The van der Waals surface area contributed by atoms with Crippen LogP contribution < -0.4 is 0 Å². The molecule has 2 aromatic heterocycles.